The second-order valence-corrected chi connectivity index (χ2v) is 3.32. The van der Waals surface area contributed by atoms with Crippen LogP contribution in [0.1, 0.15) is 15.9 Å². The lowest BCUT2D eigenvalue weighted by molar-refractivity contribution is -0.0885. The molecule has 0 saturated heterocycles. The molecule has 0 heterocycles. The van der Waals surface area contributed by atoms with Crippen LogP contribution < -0.4 is 0 Å². The van der Waals surface area contributed by atoms with Gasteiger partial charge in [0.05, 0.1) is 0 Å². The lowest BCUT2D eigenvalue weighted by Crippen LogP contribution is -2.22. The fraction of sp³-hybridized carbons (Fsp3) is 0.182. The average molecular weight is 268 g/mol. The number of allylic oxidation sites excluding steroid dienone is 1. The van der Waals surface area contributed by atoms with Gasteiger partial charge in [-0.05, 0) is 5.56 Å². The molecular formula is C11H6F6O. The number of rotatable bonds is 2. The normalized spacial score (nSPS) is 13.0. The molecule has 1 nitrogen and oxygen atoms in total. The van der Waals surface area contributed by atoms with Gasteiger partial charge in [0.15, 0.2) is 0 Å². The van der Waals surface area contributed by atoms with Crippen LogP contribution in [0, 0.1) is 0 Å². The summed E-state index contributed by atoms with van der Waals surface area (Å²) >= 11 is 0. The summed E-state index contributed by atoms with van der Waals surface area (Å²) in [5.74, 6) is -2.03. The number of hydrogen-bond acceptors (Lipinski definition) is 1. The standard InChI is InChI=1S/C11H6F6O/c12-10(13,14)6-5-7-1-3-8(4-2-7)9(18)11(15,16)17/h1-6H/b6-5+. The molecule has 0 bridgehead atoms. The highest BCUT2D eigenvalue weighted by Gasteiger charge is 2.39. The molecule has 0 aliphatic heterocycles. The Labute approximate surface area is 97.7 Å². The van der Waals surface area contributed by atoms with Crippen molar-refractivity contribution < 1.29 is 31.1 Å². The summed E-state index contributed by atoms with van der Waals surface area (Å²) in [7, 11) is 0. The van der Waals surface area contributed by atoms with Crippen molar-refractivity contribution in [3.63, 3.8) is 0 Å². The van der Waals surface area contributed by atoms with Gasteiger partial charge in [-0.3, -0.25) is 4.79 Å². The highest BCUT2D eigenvalue weighted by atomic mass is 19.4. The zero-order chi connectivity index (χ0) is 14.0. The summed E-state index contributed by atoms with van der Waals surface area (Å²) in [6.07, 6.45) is -8.85. The Hall–Kier alpha value is -1.79. The predicted octanol–water partition coefficient (Wildman–Crippen LogP) is 4.01. The minimum Gasteiger partial charge on any atom is -0.284 e. The maximum absolute atomic E-state index is 12.0. The molecule has 0 radical (unpaired) electrons. The molecule has 0 aliphatic carbocycles. The molecule has 1 rings (SSSR count). The minimum absolute atomic E-state index is 0.0473. The number of carbonyl (C=O) groups excluding carboxylic acids is 1. The van der Waals surface area contributed by atoms with E-state index >= 15 is 0 Å². The SMILES string of the molecule is O=C(c1ccc(/C=C/C(F)(F)F)cc1)C(F)(F)F. The molecule has 0 aliphatic rings. The second kappa shape index (κ2) is 4.83. The first kappa shape index (κ1) is 14.3. The predicted molar refractivity (Wildman–Crippen MR) is 51.9 cm³/mol. The van der Waals surface area contributed by atoms with E-state index in [1.807, 2.05) is 0 Å². The highest BCUT2D eigenvalue weighted by molar-refractivity contribution is 6.00. The Bertz CT molecular complexity index is 452. The second-order valence-electron chi connectivity index (χ2n) is 3.32. The van der Waals surface area contributed by atoms with Crippen LogP contribution in [0.4, 0.5) is 26.3 Å². The third-order valence-corrected chi connectivity index (χ3v) is 1.90. The van der Waals surface area contributed by atoms with Gasteiger partial charge in [-0.15, -0.1) is 0 Å². The number of hydrogen-bond donors (Lipinski definition) is 0. The number of benzene rings is 1. The lowest BCUT2D eigenvalue weighted by atomic mass is 10.1. The molecule has 0 fully saturated rings. The van der Waals surface area contributed by atoms with Gasteiger partial charge in [-0.2, -0.15) is 26.3 Å². The van der Waals surface area contributed by atoms with Gasteiger partial charge in [0.25, 0.3) is 5.78 Å². The molecule has 98 valence electrons. The number of Topliss-reactive ketones (excluding diaryl/α,β-unsaturated/α-hetero) is 1. The van der Waals surface area contributed by atoms with Crippen molar-refractivity contribution in [3.05, 3.63) is 41.5 Å². The molecule has 7 heteroatoms. The van der Waals surface area contributed by atoms with Crippen molar-refractivity contribution in [1.29, 1.82) is 0 Å². The molecular weight excluding hydrogens is 262 g/mol. The number of halogens is 6. The maximum Gasteiger partial charge on any atom is 0.454 e. The molecule has 0 atom stereocenters. The molecule has 18 heavy (non-hydrogen) atoms. The van der Waals surface area contributed by atoms with E-state index in [1.54, 1.807) is 0 Å². The van der Waals surface area contributed by atoms with Crippen LogP contribution >= 0.6 is 0 Å². The summed E-state index contributed by atoms with van der Waals surface area (Å²) in [5.41, 5.74) is -0.572. The fourth-order valence-electron chi connectivity index (χ4n) is 1.10. The summed E-state index contributed by atoms with van der Waals surface area (Å²) in [5, 5.41) is 0. The van der Waals surface area contributed by atoms with Gasteiger partial charge in [0, 0.05) is 11.6 Å². The Morgan fingerprint density at radius 2 is 1.44 bits per heavy atom. The van der Waals surface area contributed by atoms with Gasteiger partial charge < -0.3 is 0 Å². The van der Waals surface area contributed by atoms with Crippen LogP contribution in [0.25, 0.3) is 6.08 Å². The smallest absolute Gasteiger partial charge is 0.284 e. The summed E-state index contributed by atoms with van der Waals surface area (Å²) in [4.78, 5) is 10.8. The van der Waals surface area contributed by atoms with E-state index in [0.29, 0.717) is 6.08 Å². The lowest BCUT2D eigenvalue weighted by Gasteiger charge is -2.05. The highest BCUT2D eigenvalue weighted by Crippen LogP contribution is 2.22. The van der Waals surface area contributed by atoms with Crippen LogP contribution in [-0.4, -0.2) is 18.1 Å². The van der Waals surface area contributed by atoms with Crippen LogP contribution in [0.15, 0.2) is 30.3 Å². The topological polar surface area (TPSA) is 17.1 Å². The van der Waals surface area contributed by atoms with Gasteiger partial charge >= 0.3 is 12.4 Å². The largest absolute Gasteiger partial charge is 0.454 e. The van der Waals surface area contributed by atoms with Crippen molar-refractivity contribution in [2.24, 2.45) is 0 Å². The fourth-order valence-corrected chi connectivity index (χ4v) is 1.10. The van der Waals surface area contributed by atoms with E-state index in [2.05, 4.69) is 0 Å². The van der Waals surface area contributed by atoms with Crippen LogP contribution in [0.3, 0.4) is 0 Å². The van der Waals surface area contributed by atoms with Gasteiger partial charge in [0.2, 0.25) is 0 Å². The quantitative estimate of drug-likeness (QED) is 0.585. The van der Waals surface area contributed by atoms with Crippen molar-refractivity contribution in [2.75, 3.05) is 0 Å². The van der Waals surface area contributed by atoms with E-state index in [0.717, 1.165) is 24.3 Å². The van der Waals surface area contributed by atoms with E-state index in [4.69, 9.17) is 0 Å². The first-order chi connectivity index (χ1) is 8.09. The first-order valence-corrected chi connectivity index (χ1v) is 4.57. The van der Waals surface area contributed by atoms with Crippen molar-refractivity contribution in [1.82, 2.24) is 0 Å². The van der Waals surface area contributed by atoms with Crippen LogP contribution in [-0.2, 0) is 0 Å². The average Bonchev–Trinajstić information content (AvgIpc) is 2.24. The molecule has 1 aromatic rings. The number of carbonyl (C=O) groups is 1. The Kier molecular flexibility index (Phi) is 3.83. The van der Waals surface area contributed by atoms with Crippen molar-refractivity contribution in [3.8, 4) is 0 Å². The monoisotopic (exact) mass is 268 g/mol. The van der Waals surface area contributed by atoms with Gasteiger partial charge in [0.1, 0.15) is 0 Å². The Morgan fingerprint density at radius 1 is 0.944 bits per heavy atom. The molecule has 0 saturated carbocycles. The van der Waals surface area contributed by atoms with E-state index in [1.165, 1.54) is 0 Å². The first-order valence-electron chi connectivity index (χ1n) is 4.57. The molecule has 0 N–H and O–H groups in total. The van der Waals surface area contributed by atoms with Crippen LogP contribution in [0.2, 0.25) is 0 Å². The van der Waals surface area contributed by atoms with E-state index in [9.17, 15) is 31.1 Å². The Balaban J connectivity index is 2.88. The minimum atomic E-state index is -5.00. The molecule has 0 aromatic heterocycles. The van der Waals surface area contributed by atoms with E-state index < -0.39 is 23.7 Å². The van der Waals surface area contributed by atoms with Crippen LogP contribution in [0.5, 0.6) is 0 Å². The van der Waals surface area contributed by atoms with Gasteiger partial charge in [-0.1, -0.05) is 30.3 Å². The summed E-state index contributed by atoms with van der Waals surface area (Å²) < 4.78 is 71.5. The Morgan fingerprint density at radius 3 is 1.83 bits per heavy atom. The summed E-state index contributed by atoms with van der Waals surface area (Å²) in [6.45, 7) is 0. The molecule has 0 spiro atoms. The maximum atomic E-state index is 12.0. The third-order valence-electron chi connectivity index (χ3n) is 1.90. The summed E-state index contributed by atoms with van der Waals surface area (Å²) in [6, 6.07) is 3.65. The van der Waals surface area contributed by atoms with Crippen molar-refractivity contribution >= 4 is 11.9 Å². The zero-order valence-electron chi connectivity index (χ0n) is 8.64. The van der Waals surface area contributed by atoms with Crippen molar-refractivity contribution in [2.45, 2.75) is 12.4 Å². The third kappa shape index (κ3) is 4.23. The number of ketones is 1. The molecule has 1 aromatic carbocycles. The zero-order valence-corrected chi connectivity index (χ0v) is 8.64. The molecule has 0 amide bonds. The molecule has 0 unspecified atom stereocenters. The van der Waals surface area contributed by atoms with E-state index in [-0.39, 0.29) is 11.6 Å². The van der Waals surface area contributed by atoms with Gasteiger partial charge in [-0.25, -0.2) is 0 Å². The number of alkyl halides is 6.